The van der Waals surface area contributed by atoms with E-state index in [1.807, 2.05) is 40.0 Å². The largest absolute Gasteiger partial charge is 0.374 e. The second kappa shape index (κ2) is 8.91. The number of nitrogens with zero attached hydrogens (tertiary/aromatic N) is 1. The molecule has 0 bridgehead atoms. The van der Waals surface area contributed by atoms with Crippen molar-refractivity contribution in [2.75, 3.05) is 18.5 Å². The molecule has 1 aromatic carbocycles. The van der Waals surface area contributed by atoms with Crippen LogP contribution >= 0.6 is 11.6 Å². The Kier molecular flexibility index (Phi) is 7.09. The maximum atomic E-state index is 12.2. The molecule has 148 valence electrons. The van der Waals surface area contributed by atoms with Gasteiger partial charge >= 0.3 is 0 Å². The molecule has 6 heteroatoms. The van der Waals surface area contributed by atoms with E-state index in [1.165, 1.54) is 0 Å². The number of anilines is 1. The third-order valence-electron chi connectivity index (χ3n) is 4.70. The fourth-order valence-corrected chi connectivity index (χ4v) is 3.64. The van der Waals surface area contributed by atoms with Crippen LogP contribution in [0.4, 0.5) is 5.69 Å². The molecule has 0 saturated heterocycles. The molecule has 5 nitrogen and oxygen atoms in total. The van der Waals surface area contributed by atoms with Gasteiger partial charge in [-0.3, -0.25) is 10.1 Å². The number of hydrogen-bond donors (Lipinski definition) is 3. The first-order chi connectivity index (χ1) is 12.6. The van der Waals surface area contributed by atoms with E-state index in [2.05, 4.69) is 29.0 Å². The Balaban J connectivity index is 2.25. The van der Waals surface area contributed by atoms with Crippen molar-refractivity contribution in [3.8, 4) is 0 Å². The van der Waals surface area contributed by atoms with Crippen molar-refractivity contribution in [3.05, 3.63) is 61.5 Å². The Morgan fingerprint density at radius 3 is 2.48 bits per heavy atom. The van der Waals surface area contributed by atoms with Crippen LogP contribution in [0.25, 0.3) is 0 Å². The summed E-state index contributed by atoms with van der Waals surface area (Å²) in [6, 6.07) is 5.62. The number of nitrogens with one attached hydrogen (secondary N) is 2. The summed E-state index contributed by atoms with van der Waals surface area (Å²) >= 11 is 6.31. The first kappa shape index (κ1) is 21.5. The van der Waals surface area contributed by atoms with Crippen LogP contribution < -0.4 is 15.8 Å². The second-order valence-corrected chi connectivity index (χ2v) is 8.08. The summed E-state index contributed by atoms with van der Waals surface area (Å²) in [7, 11) is 2.03. The summed E-state index contributed by atoms with van der Waals surface area (Å²) in [5.74, 6) is 0.510. The van der Waals surface area contributed by atoms with Gasteiger partial charge in [-0.15, -0.1) is 0 Å². The minimum atomic E-state index is -0.921. The quantitative estimate of drug-likeness (QED) is 0.627. The SMILES string of the molecule is Cc1cc(C)c(CNC(O)c2cc(Cl)cc(N(C)CC(C)C)c2C)c(=O)[nH]1. The van der Waals surface area contributed by atoms with Crippen molar-refractivity contribution in [1.82, 2.24) is 10.3 Å². The molecule has 2 rings (SSSR count). The second-order valence-electron chi connectivity index (χ2n) is 7.64. The summed E-state index contributed by atoms with van der Waals surface area (Å²) in [6.45, 7) is 11.2. The van der Waals surface area contributed by atoms with Gasteiger partial charge in [0.05, 0.1) is 0 Å². The average molecular weight is 392 g/mol. The van der Waals surface area contributed by atoms with Crippen molar-refractivity contribution >= 4 is 17.3 Å². The Hall–Kier alpha value is -1.82. The van der Waals surface area contributed by atoms with Crippen molar-refractivity contribution in [1.29, 1.82) is 0 Å². The Morgan fingerprint density at radius 2 is 1.89 bits per heavy atom. The van der Waals surface area contributed by atoms with Crippen LogP contribution in [0.3, 0.4) is 0 Å². The van der Waals surface area contributed by atoms with Gasteiger partial charge in [-0.2, -0.15) is 0 Å². The molecule has 1 atom stereocenters. The van der Waals surface area contributed by atoms with Crippen LogP contribution in [-0.4, -0.2) is 23.7 Å². The lowest BCUT2D eigenvalue weighted by molar-refractivity contribution is 0.136. The highest BCUT2D eigenvalue weighted by Crippen LogP contribution is 2.30. The fourth-order valence-electron chi connectivity index (χ4n) is 3.42. The molecule has 1 unspecified atom stereocenters. The molecule has 2 aromatic rings. The molecule has 0 saturated carbocycles. The summed E-state index contributed by atoms with van der Waals surface area (Å²) in [5.41, 5.74) is 4.90. The van der Waals surface area contributed by atoms with E-state index in [-0.39, 0.29) is 12.1 Å². The van der Waals surface area contributed by atoms with Crippen LogP contribution in [0.5, 0.6) is 0 Å². The summed E-state index contributed by atoms with van der Waals surface area (Å²) in [4.78, 5) is 17.1. The zero-order valence-electron chi connectivity index (χ0n) is 17.0. The lowest BCUT2D eigenvalue weighted by Gasteiger charge is -2.26. The lowest BCUT2D eigenvalue weighted by Crippen LogP contribution is -2.28. The van der Waals surface area contributed by atoms with Gasteiger partial charge in [0.25, 0.3) is 5.56 Å². The van der Waals surface area contributed by atoms with E-state index >= 15 is 0 Å². The number of aliphatic hydroxyl groups excluding tert-OH is 1. The first-order valence-corrected chi connectivity index (χ1v) is 9.60. The van der Waals surface area contributed by atoms with E-state index in [4.69, 9.17) is 11.6 Å². The summed E-state index contributed by atoms with van der Waals surface area (Å²) in [6.07, 6.45) is -0.921. The summed E-state index contributed by atoms with van der Waals surface area (Å²) in [5, 5.41) is 14.3. The zero-order chi connectivity index (χ0) is 20.3. The molecule has 0 radical (unpaired) electrons. The maximum Gasteiger partial charge on any atom is 0.252 e. The highest BCUT2D eigenvalue weighted by atomic mass is 35.5. The molecular weight excluding hydrogens is 362 g/mol. The number of H-pyrrole nitrogens is 1. The number of aromatic amines is 1. The number of pyridine rings is 1. The van der Waals surface area contributed by atoms with E-state index in [0.29, 0.717) is 22.1 Å². The standard InChI is InChI=1S/C21H30ClN3O2/c1-12(2)11-25(6)19-9-16(22)8-17(15(19)5)20(26)23-10-18-13(3)7-14(4)24-21(18)27/h7-9,12,20,23,26H,10-11H2,1-6H3,(H,24,27). The minimum Gasteiger partial charge on any atom is -0.374 e. The van der Waals surface area contributed by atoms with E-state index < -0.39 is 6.23 Å². The van der Waals surface area contributed by atoms with Crippen molar-refractivity contribution < 1.29 is 5.11 Å². The third kappa shape index (κ3) is 5.34. The molecule has 0 aliphatic carbocycles. The number of halogens is 1. The van der Waals surface area contributed by atoms with Crippen LogP contribution in [0.2, 0.25) is 5.02 Å². The van der Waals surface area contributed by atoms with Gasteiger partial charge < -0.3 is 15.0 Å². The van der Waals surface area contributed by atoms with Gasteiger partial charge in [-0.1, -0.05) is 25.4 Å². The zero-order valence-corrected chi connectivity index (χ0v) is 17.7. The van der Waals surface area contributed by atoms with Gasteiger partial charge in [-0.25, -0.2) is 0 Å². The van der Waals surface area contributed by atoms with Gasteiger partial charge in [0, 0.05) is 47.7 Å². The average Bonchev–Trinajstić information content (AvgIpc) is 2.54. The predicted octanol–water partition coefficient (Wildman–Crippen LogP) is 3.83. The first-order valence-electron chi connectivity index (χ1n) is 9.22. The highest BCUT2D eigenvalue weighted by molar-refractivity contribution is 6.31. The maximum absolute atomic E-state index is 12.2. The highest BCUT2D eigenvalue weighted by Gasteiger charge is 2.17. The molecule has 27 heavy (non-hydrogen) atoms. The van der Waals surface area contributed by atoms with E-state index in [0.717, 1.165) is 29.1 Å². The van der Waals surface area contributed by atoms with Crippen molar-refractivity contribution in [2.24, 2.45) is 5.92 Å². The van der Waals surface area contributed by atoms with Crippen LogP contribution in [0.15, 0.2) is 23.0 Å². The molecule has 1 heterocycles. The van der Waals surface area contributed by atoms with Crippen LogP contribution in [0.1, 0.15) is 48.0 Å². The van der Waals surface area contributed by atoms with Gasteiger partial charge in [0.1, 0.15) is 6.23 Å². The van der Waals surface area contributed by atoms with Crippen molar-refractivity contribution in [2.45, 2.75) is 47.4 Å². The molecule has 0 aliphatic heterocycles. The fraction of sp³-hybridized carbons (Fsp3) is 0.476. The number of hydrogen-bond acceptors (Lipinski definition) is 4. The predicted molar refractivity (Wildman–Crippen MR) is 113 cm³/mol. The molecule has 0 spiro atoms. The topological polar surface area (TPSA) is 68.4 Å². The Bertz CT molecular complexity index is 861. The molecule has 0 aliphatic rings. The normalized spacial score (nSPS) is 12.5. The molecule has 1 aromatic heterocycles. The van der Waals surface area contributed by atoms with Gasteiger partial charge in [0.15, 0.2) is 0 Å². The summed E-state index contributed by atoms with van der Waals surface area (Å²) < 4.78 is 0. The van der Waals surface area contributed by atoms with Crippen LogP contribution in [0, 0.1) is 26.7 Å². The third-order valence-corrected chi connectivity index (χ3v) is 4.91. The van der Waals surface area contributed by atoms with E-state index in [1.54, 1.807) is 6.07 Å². The molecule has 0 amide bonds. The van der Waals surface area contributed by atoms with Gasteiger partial charge in [-0.05, 0) is 56.0 Å². The minimum absolute atomic E-state index is 0.132. The van der Waals surface area contributed by atoms with Crippen molar-refractivity contribution in [3.63, 3.8) is 0 Å². The van der Waals surface area contributed by atoms with E-state index in [9.17, 15) is 9.90 Å². The Morgan fingerprint density at radius 1 is 1.22 bits per heavy atom. The van der Waals surface area contributed by atoms with Gasteiger partial charge in [0.2, 0.25) is 0 Å². The number of aromatic nitrogens is 1. The molecule has 0 fully saturated rings. The smallest absolute Gasteiger partial charge is 0.252 e. The Labute approximate surface area is 166 Å². The lowest BCUT2D eigenvalue weighted by atomic mass is 10.0. The van der Waals surface area contributed by atoms with Crippen LogP contribution in [-0.2, 0) is 6.54 Å². The molecular formula is C21H30ClN3O2. The number of rotatable bonds is 7. The molecule has 3 N–H and O–H groups in total. The number of aryl methyl sites for hydroxylation is 2. The number of benzene rings is 1. The monoisotopic (exact) mass is 391 g/mol. The number of aliphatic hydroxyl groups is 1.